The predicted molar refractivity (Wildman–Crippen MR) is 143 cm³/mol. The molecule has 204 valence electrons. The first-order chi connectivity index (χ1) is 19.2. The number of hydrogen-bond acceptors (Lipinski definition) is 5. The minimum absolute atomic E-state index is 0.0968. The van der Waals surface area contributed by atoms with Gasteiger partial charge in [0.05, 0.1) is 12.3 Å². The Morgan fingerprint density at radius 2 is 1.93 bits per heavy atom. The molecule has 3 amide bonds. The number of aromatic nitrogens is 2. The maximum absolute atomic E-state index is 14.5. The summed E-state index contributed by atoms with van der Waals surface area (Å²) in [7, 11) is 0. The summed E-state index contributed by atoms with van der Waals surface area (Å²) in [4.78, 5) is 55.6. The summed E-state index contributed by atoms with van der Waals surface area (Å²) in [6.07, 6.45) is 3.53. The van der Waals surface area contributed by atoms with Crippen molar-refractivity contribution in [3.8, 4) is 0 Å². The van der Waals surface area contributed by atoms with Crippen LogP contribution in [0.15, 0.2) is 67.1 Å². The Morgan fingerprint density at radius 1 is 1.18 bits per heavy atom. The summed E-state index contributed by atoms with van der Waals surface area (Å²) < 4.78 is 27.2. The molecule has 0 spiro atoms. The van der Waals surface area contributed by atoms with Gasteiger partial charge < -0.3 is 5.32 Å². The number of aryl methyl sites for hydroxylation is 1. The third kappa shape index (κ3) is 5.38. The highest BCUT2D eigenvalue weighted by molar-refractivity contribution is 6.10. The lowest BCUT2D eigenvalue weighted by atomic mass is 9.87. The van der Waals surface area contributed by atoms with Crippen molar-refractivity contribution in [2.45, 2.75) is 56.7 Å². The van der Waals surface area contributed by atoms with Gasteiger partial charge in [-0.2, -0.15) is 0 Å². The summed E-state index contributed by atoms with van der Waals surface area (Å²) in [5, 5.41) is 2.67. The standard InChI is InChI=1S/C29H26F2N6O3/c1-18-10-11-34-24(12-18)37-23(8-9-25(37)38)28(40)36(22-13-20(32-2)16-33-17-22)26(19-6-4-3-5-7-19)27(39)35-21-14-29(30,31)15-21/h3-7,10-13,16-17,21,23,26H,8-9,14-15H2,1H3,(H,35,39)/t23-,26-/m0/s1. The first-order valence-electron chi connectivity index (χ1n) is 12.8. The second-order valence-electron chi connectivity index (χ2n) is 10.0. The van der Waals surface area contributed by atoms with Crippen LogP contribution in [0.3, 0.4) is 0 Å². The summed E-state index contributed by atoms with van der Waals surface area (Å²) in [5.74, 6) is -4.07. The predicted octanol–water partition coefficient (Wildman–Crippen LogP) is 4.52. The van der Waals surface area contributed by atoms with Gasteiger partial charge in [0.1, 0.15) is 17.9 Å². The minimum atomic E-state index is -2.85. The fourth-order valence-corrected chi connectivity index (χ4v) is 5.13. The van der Waals surface area contributed by atoms with E-state index in [0.717, 1.165) is 5.56 Å². The highest BCUT2D eigenvalue weighted by Crippen LogP contribution is 2.39. The number of nitrogens with zero attached hydrogens (tertiary/aromatic N) is 5. The zero-order valence-corrected chi connectivity index (χ0v) is 21.6. The average molecular weight is 545 g/mol. The summed E-state index contributed by atoms with van der Waals surface area (Å²) in [6.45, 7) is 9.28. The molecule has 0 unspecified atom stereocenters. The van der Waals surface area contributed by atoms with Crippen LogP contribution in [0.4, 0.5) is 26.0 Å². The van der Waals surface area contributed by atoms with E-state index < -0.39 is 48.7 Å². The number of hydrogen-bond donors (Lipinski definition) is 1. The van der Waals surface area contributed by atoms with Crippen LogP contribution in [0, 0.1) is 13.5 Å². The number of alkyl halides is 2. The molecule has 5 rings (SSSR count). The fourth-order valence-electron chi connectivity index (χ4n) is 5.13. The molecule has 3 heterocycles. The molecule has 3 aromatic rings. The van der Waals surface area contributed by atoms with Crippen molar-refractivity contribution in [1.82, 2.24) is 15.3 Å². The number of anilines is 2. The molecular weight excluding hydrogens is 518 g/mol. The van der Waals surface area contributed by atoms with Gasteiger partial charge in [0.15, 0.2) is 0 Å². The van der Waals surface area contributed by atoms with E-state index in [1.807, 2.05) is 6.92 Å². The zero-order valence-electron chi connectivity index (χ0n) is 21.6. The Balaban J connectivity index is 1.59. The molecule has 1 aliphatic carbocycles. The van der Waals surface area contributed by atoms with Gasteiger partial charge in [0, 0.05) is 43.9 Å². The Kier molecular flexibility index (Phi) is 7.26. The Bertz CT molecular complexity index is 1480. The lowest BCUT2D eigenvalue weighted by Crippen LogP contribution is -2.56. The van der Waals surface area contributed by atoms with Crippen molar-refractivity contribution in [3.05, 3.63) is 89.7 Å². The molecule has 0 radical (unpaired) electrons. The third-order valence-electron chi connectivity index (χ3n) is 7.06. The van der Waals surface area contributed by atoms with Crippen molar-refractivity contribution in [2.24, 2.45) is 0 Å². The average Bonchev–Trinajstić information content (AvgIpc) is 3.32. The van der Waals surface area contributed by atoms with Crippen LogP contribution in [0.1, 0.15) is 42.9 Å². The molecule has 1 aliphatic heterocycles. The Hall–Kier alpha value is -4.72. The molecule has 1 aromatic carbocycles. The number of carbonyl (C=O) groups excluding carboxylic acids is 3. The van der Waals surface area contributed by atoms with Crippen LogP contribution >= 0.6 is 0 Å². The molecule has 2 aromatic heterocycles. The Morgan fingerprint density at radius 3 is 2.60 bits per heavy atom. The zero-order chi connectivity index (χ0) is 28.4. The number of rotatable bonds is 7. The maximum atomic E-state index is 14.5. The molecule has 9 nitrogen and oxygen atoms in total. The van der Waals surface area contributed by atoms with E-state index >= 15 is 0 Å². The van der Waals surface area contributed by atoms with Crippen LogP contribution in [-0.4, -0.2) is 45.7 Å². The molecule has 0 bridgehead atoms. The molecule has 1 N–H and O–H groups in total. The van der Waals surface area contributed by atoms with Crippen LogP contribution in [-0.2, 0) is 14.4 Å². The van der Waals surface area contributed by atoms with Gasteiger partial charge in [-0.05, 0) is 42.7 Å². The van der Waals surface area contributed by atoms with E-state index in [4.69, 9.17) is 6.57 Å². The van der Waals surface area contributed by atoms with E-state index in [1.54, 1.807) is 48.7 Å². The quantitative estimate of drug-likeness (QED) is 0.441. The second-order valence-corrected chi connectivity index (χ2v) is 10.0. The largest absolute Gasteiger partial charge is 0.351 e. The van der Waals surface area contributed by atoms with Gasteiger partial charge in [0.2, 0.25) is 17.5 Å². The molecule has 1 saturated heterocycles. The monoisotopic (exact) mass is 544 g/mol. The lowest BCUT2D eigenvalue weighted by molar-refractivity contribution is -0.133. The van der Waals surface area contributed by atoms with Gasteiger partial charge in [-0.15, -0.1) is 0 Å². The molecular formula is C29H26F2N6O3. The molecule has 2 fully saturated rings. The summed E-state index contributed by atoms with van der Waals surface area (Å²) in [5.41, 5.74) is 1.58. The van der Waals surface area contributed by atoms with E-state index in [9.17, 15) is 23.2 Å². The number of amides is 3. The van der Waals surface area contributed by atoms with Gasteiger partial charge >= 0.3 is 0 Å². The van der Waals surface area contributed by atoms with Crippen LogP contribution in [0.25, 0.3) is 4.85 Å². The van der Waals surface area contributed by atoms with E-state index in [-0.39, 0.29) is 30.1 Å². The van der Waals surface area contributed by atoms with Crippen LogP contribution in [0.2, 0.25) is 0 Å². The van der Waals surface area contributed by atoms with Gasteiger partial charge in [-0.25, -0.2) is 18.6 Å². The van der Waals surface area contributed by atoms with E-state index in [2.05, 4.69) is 20.1 Å². The van der Waals surface area contributed by atoms with Crippen molar-refractivity contribution in [1.29, 1.82) is 0 Å². The normalized spacial score (nSPS) is 18.9. The highest BCUT2D eigenvalue weighted by Gasteiger charge is 2.48. The van der Waals surface area contributed by atoms with Gasteiger partial charge in [0.25, 0.3) is 11.8 Å². The van der Waals surface area contributed by atoms with E-state index in [0.29, 0.717) is 11.4 Å². The molecule has 2 aliphatic rings. The first-order valence-corrected chi connectivity index (χ1v) is 12.8. The topological polar surface area (TPSA) is 99.9 Å². The van der Waals surface area contributed by atoms with Crippen molar-refractivity contribution in [2.75, 3.05) is 9.80 Å². The Labute approximate surface area is 229 Å². The number of benzene rings is 1. The molecule has 2 atom stereocenters. The third-order valence-corrected chi connectivity index (χ3v) is 7.06. The fraction of sp³-hybridized carbons (Fsp3) is 0.310. The number of nitrogens with one attached hydrogen (secondary N) is 1. The highest BCUT2D eigenvalue weighted by atomic mass is 19.3. The first kappa shape index (κ1) is 26.9. The summed E-state index contributed by atoms with van der Waals surface area (Å²) in [6, 6.07) is 10.3. The van der Waals surface area contributed by atoms with Crippen LogP contribution < -0.4 is 15.1 Å². The number of carbonyl (C=O) groups is 3. The van der Waals surface area contributed by atoms with Crippen LogP contribution in [0.5, 0.6) is 0 Å². The van der Waals surface area contributed by atoms with Gasteiger partial charge in [-0.1, -0.05) is 30.3 Å². The number of halogens is 2. The van der Waals surface area contributed by atoms with Crippen molar-refractivity contribution < 1.29 is 23.2 Å². The maximum Gasteiger partial charge on any atom is 0.252 e. The summed E-state index contributed by atoms with van der Waals surface area (Å²) >= 11 is 0. The second kappa shape index (κ2) is 10.8. The number of pyridine rings is 2. The molecule has 11 heteroatoms. The minimum Gasteiger partial charge on any atom is -0.351 e. The van der Waals surface area contributed by atoms with Crippen molar-refractivity contribution in [3.63, 3.8) is 0 Å². The molecule has 40 heavy (non-hydrogen) atoms. The SMILES string of the molecule is [C-]#[N+]c1cncc(N(C(=O)[C@@H]2CCC(=O)N2c2cc(C)ccn2)[C@H](C(=O)NC2CC(F)(F)C2)c2ccccc2)c1. The lowest BCUT2D eigenvalue weighted by Gasteiger charge is -2.39. The smallest absolute Gasteiger partial charge is 0.252 e. The van der Waals surface area contributed by atoms with Crippen molar-refractivity contribution >= 4 is 34.9 Å². The molecule has 1 saturated carbocycles. The van der Waals surface area contributed by atoms with E-state index in [1.165, 1.54) is 28.3 Å². The van der Waals surface area contributed by atoms with Gasteiger partial charge in [-0.3, -0.25) is 29.2 Å².